The normalized spacial score (nSPS) is 11.7. The van der Waals surface area contributed by atoms with Gasteiger partial charge in [0.15, 0.2) is 0 Å². The number of rotatable bonds is 11. The van der Waals surface area contributed by atoms with Crippen molar-refractivity contribution in [2.24, 2.45) is 5.73 Å². The average Bonchev–Trinajstić information content (AvgIpc) is 2.88. The lowest BCUT2D eigenvalue weighted by Gasteiger charge is -2.20. The third kappa shape index (κ3) is 6.90. The van der Waals surface area contributed by atoms with E-state index < -0.39 is 23.6 Å². The monoisotopic (exact) mass is 469 g/mol. The third-order valence-corrected chi connectivity index (χ3v) is 5.83. The SMILES string of the molecule is CCN(CC)c1ccc(/C=C/c2ccccc2C(=O)NC(Cc2ccccc2)C(=O)C(N)=O)cc1. The van der Waals surface area contributed by atoms with E-state index in [4.69, 9.17) is 5.73 Å². The molecule has 0 saturated carbocycles. The van der Waals surface area contributed by atoms with Crippen LogP contribution in [-0.4, -0.2) is 36.7 Å². The van der Waals surface area contributed by atoms with Crippen LogP contribution >= 0.6 is 0 Å². The van der Waals surface area contributed by atoms with Crippen LogP contribution in [0.5, 0.6) is 0 Å². The number of anilines is 1. The number of benzene rings is 3. The molecular weight excluding hydrogens is 438 g/mol. The first-order valence-electron chi connectivity index (χ1n) is 11.7. The molecule has 35 heavy (non-hydrogen) atoms. The molecule has 0 aromatic heterocycles. The van der Waals surface area contributed by atoms with Crippen LogP contribution in [0.4, 0.5) is 5.69 Å². The van der Waals surface area contributed by atoms with Gasteiger partial charge in [0.1, 0.15) is 6.04 Å². The second kappa shape index (κ2) is 12.3. The van der Waals surface area contributed by atoms with E-state index >= 15 is 0 Å². The van der Waals surface area contributed by atoms with E-state index in [1.165, 1.54) is 0 Å². The van der Waals surface area contributed by atoms with Crippen LogP contribution in [0.25, 0.3) is 12.2 Å². The number of nitrogens with two attached hydrogens (primary N) is 1. The van der Waals surface area contributed by atoms with Gasteiger partial charge in [-0.1, -0.05) is 72.8 Å². The van der Waals surface area contributed by atoms with Gasteiger partial charge in [-0.15, -0.1) is 0 Å². The molecule has 180 valence electrons. The maximum atomic E-state index is 13.1. The topological polar surface area (TPSA) is 92.5 Å². The highest BCUT2D eigenvalue weighted by atomic mass is 16.2. The molecule has 1 unspecified atom stereocenters. The van der Waals surface area contributed by atoms with Crippen LogP contribution in [0.15, 0.2) is 78.9 Å². The molecule has 3 rings (SSSR count). The number of amides is 2. The number of primary amides is 1. The van der Waals surface area contributed by atoms with E-state index in [-0.39, 0.29) is 6.42 Å². The predicted molar refractivity (Wildman–Crippen MR) is 141 cm³/mol. The molecule has 1 atom stereocenters. The van der Waals surface area contributed by atoms with Crippen LogP contribution in [0.2, 0.25) is 0 Å². The summed E-state index contributed by atoms with van der Waals surface area (Å²) in [4.78, 5) is 39.4. The minimum atomic E-state index is -1.08. The van der Waals surface area contributed by atoms with Crippen molar-refractivity contribution in [3.63, 3.8) is 0 Å². The Hall–Kier alpha value is -4.19. The highest BCUT2D eigenvalue weighted by molar-refractivity contribution is 6.38. The molecule has 3 aromatic rings. The number of nitrogens with zero attached hydrogens (tertiary/aromatic N) is 1. The fourth-order valence-corrected chi connectivity index (χ4v) is 3.89. The molecule has 6 heteroatoms. The molecule has 6 nitrogen and oxygen atoms in total. The summed E-state index contributed by atoms with van der Waals surface area (Å²) >= 11 is 0. The zero-order valence-corrected chi connectivity index (χ0v) is 20.1. The summed E-state index contributed by atoms with van der Waals surface area (Å²) < 4.78 is 0. The van der Waals surface area contributed by atoms with Crippen molar-refractivity contribution in [2.45, 2.75) is 26.3 Å². The second-order valence-corrected chi connectivity index (χ2v) is 8.13. The second-order valence-electron chi connectivity index (χ2n) is 8.13. The van der Waals surface area contributed by atoms with Crippen LogP contribution in [0.3, 0.4) is 0 Å². The molecule has 3 N–H and O–H groups in total. The van der Waals surface area contributed by atoms with Gasteiger partial charge in [0, 0.05) is 30.8 Å². The molecule has 0 bridgehead atoms. The Morgan fingerprint density at radius 1 is 0.857 bits per heavy atom. The lowest BCUT2D eigenvalue weighted by Crippen LogP contribution is -2.47. The number of nitrogens with one attached hydrogen (secondary N) is 1. The van der Waals surface area contributed by atoms with E-state index in [0.717, 1.165) is 29.9 Å². The maximum absolute atomic E-state index is 13.1. The molecule has 0 aliphatic heterocycles. The molecule has 0 aliphatic carbocycles. The Balaban J connectivity index is 1.79. The van der Waals surface area contributed by atoms with Gasteiger partial charge in [-0.05, 0) is 48.7 Å². The Morgan fingerprint density at radius 2 is 1.49 bits per heavy atom. The Bertz CT molecular complexity index is 1180. The molecule has 0 aliphatic rings. The summed E-state index contributed by atoms with van der Waals surface area (Å²) in [6.45, 7) is 6.14. The zero-order chi connectivity index (χ0) is 25.2. The van der Waals surface area contributed by atoms with Gasteiger partial charge in [0.05, 0.1) is 0 Å². The largest absolute Gasteiger partial charge is 0.372 e. The highest BCUT2D eigenvalue weighted by Gasteiger charge is 2.26. The summed E-state index contributed by atoms with van der Waals surface area (Å²) in [5.74, 6) is -2.35. The fraction of sp³-hybridized carbons (Fsp3) is 0.207. The smallest absolute Gasteiger partial charge is 0.287 e. The van der Waals surface area contributed by atoms with Gasteiger partial charge in [0.2, 0.25) is 5.78 Å². The number of carbonyl (C=O) groups is 3. The van der Waals surface area contributed by atoms with Crippen LogP contribution in [0.1, 0.15) is 40.9 Å². The van der Waals surface area contributed by atoms with E-state index in [1.54, 1.807) is 12.1 Å². The van der Waals surface area contributed by atoms with Crippen molar-refractivity contribution in [3.05, 3.63) is 101 Å². The number of carbonyl (C=O) groups excluding carboxylic acids is 3. The van der Waals surface area contributed by atoms with Gasteiger partial charge in [0.25, 0.3) is 11.8 Å². The number of hydrogen-bond acceptors (Lipinski definition) is 4. The molecule has 0 fully saturated rings. The van der Waals surface area contributed by atoms with Crippen molar-refractivity contribution in [1.29, 1.82) is 0 Å². The lowest BCUT2D eigenvalue weighted by atomic mass is 10.00. The van der Waals surface area contributed by atoms with E-state index in [1.807, 2.05) is 66.7 Å². The third-order valence-electron chi connectivity index (χ3n) is 5.83. The first kappa shape index (κ1) is 25.4. The quantitative estimate of drug-likeness (QED) is 0.327. The molecule has 0 radical (unpaired) electrons. The summed E-state index contributed by atoms with van der Waals surface area (Å²) in [7, 11) is 0. The summed E-state index contributed by atoms with van der Waals surface area (Å²) in [5, 5.41) is 2.71. The Labute approximate surface area is 206 Å². The van der Waals surface area contributed by atoms with Crippen molar-refractivity contribution in [2.75, 3.05) is 18.0 Å². The average molecular weight is 470 g/mol. The standard InChI is InChI=1S/C29H31N3O3/c1-3-32(4-2)24-18-15-21(16-19-24)14-17-23-12-8-9-13-25(23)29(35)31-26(27(33)28(30)34)20-22-10-6-5-7-11-22/h5-19,26H,3-4,20H2,1-2H3,(H2,30,34)(H,31,35)/b17-14+. The van der Waals surface area contributed by atoms with Crippen LogP contribution in [-0.2, 0) is 16.0 Å². The van der Waals surface area contributed by atoms with Gasteiger partial charge >= 0.3 is 0 Å². The predicted octanol–water partition coefficient (Wildman–Crippen LogP) is 4.10. The van der Waals surface area contributed by atoms with Crippen molar-refractivity contribution < 1.29 is 14.4 Å². The summed E-state index contributed by atoms with van der Waals surface area (Å²) in [6.07, 6.45) is 3.98. The summed E-state index contributed by atoms with van der Waals surface area (Å²) in [6, 6.07) is 23.5. The first-order chi connectivity index (χ1) is 16.9. The Morgan fingerprint density at radius 3 is 2.11 bits per heavy atom. The molecule has 3 aromatic carbocycles. The van der Waals surface area contributed by atoms with Gasteiger partial charge in [-0.25, -0.2) is 0 Å². The van der Waals surface area contributed by atoms with E-state index in [2.05, 4.69) is 36.2 Å². The molecule has 2 amide bonds. The lowest BCUT2D eigenvalue weighted by molar-refractivity contribution is -0.137. The van der Waals surface area contributed by atoms with Gasteiger partial charge < -0.3 is 16.0 Å². The first-order valence-corrected chi connectivity index (χ1v) is 11.7. The highest BCUT2D eigenvalue weighted by Crippen LogP contribution is 2.18. The number of ketones is 1. The van der Waals surface area contributed by atoms with Crippen molar-refractivity contribution in [3.8, 4) is 0 Å². The minimum absolute atomic E-state index is 0.172. The number of hydrogen-bond donors (Lipinski definition) is 2. The zero-order valence-electron chi connectivity index (χ0n) is 20.1. The van der Waals surface area contributed by atoms with Gasteiger partial charge in [-0.2, -0.15) is 0 Å². The maximum Gasteiger partial charge on any atom is 0.287 e. The Kier molecular flexibility index (Phi) is 8.95. The van der Waals surface area contributed by atoms with Crippen molar-refractivity contribution in [1.82, 2.24) is 5.32 Å². The van der Waals surface area contributed by atoms with Gasteiger partial charge in [-0.3, -0.25) is 14.4 Å². The van der Waals surface area contributed by atoms with Crippen molar-refractivity contribution >= 4 is 35.4 Å². The van der Waals surface area contributed by atoms with E-state index in [0.29, 0.717) is 11.1 Å². The van der Waals surface area contributed by atoms with Crippen LogP contribution in [0, 0.1) is 0 Å². The minimum Gasteiger partial charge on any atom is -0.372 e. The molecule has 0 heterocycles. The number of Topliss-reactive ketones (excluding diaryl/α,β-unsaturated/α-hetero) is 1. The fourth-order valence-electron chi connectivity index (χ4n) is 3.89. The van der Waals surface area contributed by atoms with Crippen LogP contribution < -0.4 is 16.0 Å². The molecule has 0 spiro atoms. The summed E-state index contributed by atoms with van der Waals surface area (Å²) in [5.41, 5.74) is 9.32. The van der Waals surface area contributed by atoms with E-state index in [9.17, 15) is 14.4 Å². The molecular formula is C29H31N3O3. The molecule has 0 saturated heterocycles.